The van der Waals surface area contributed by atoms with Gasteiger partial charge in [0.15, 0.2) is 6.61 Å². The summed E-state index contributed by atoms with van der Waals surface area (Å²) in [6.07, 6.45) is 2.50. The maximum Gasteiger partial charge on any atom is 0.262 e. The predicted molar refractivity (Wildman–Crippen MR) is 108 cm³/mol. The van der Waals surface area contributed by atoms with E-state index in [0.29, 0.717) is 5.75 Å². The Bertz CT molecular complexity index is 947. The average molecular weight is 361 g/mol. The van der Waals surface area contributed by atoms with Crippen molar-refractivity contribution in [1.82, 2.24) is 4.98 Å². The SMILES string of the molecule is Cc1ccc2cccc(OCC(=O)Nc3ccc(N4CCCC4)cc3)c2n1. The Hall–Kier alpha value is -3.08. The van der Waals surface area contributed by atoms with E-state index < -0.39 is 0 Å². The first-order valence-corrected chi connectivity index (χ1v) is 9.33. The number of pyridine rings is 1. The fourth-order valence-electron chi connectivity index (χ4n) is 3.41. The number of aromatic nitrogens is 1. The largest absolute Gasteiger partial charge is 0.481 e. The molecule has 5 heteroatoms. The maximum atomic E-state index is 12.3. The Morgan fingerprint density at radius 2 is 1.85 bits per heavy atom. The van der Waals surface area contributed by atoms with E-state index in [-0.39, 0.29) is 12.5 Å². The second kappa shape index (κ2) is 7.66. The molecule has 0 bridgehead atoms. The summed E-state index contributed by atoms with van der Waals surface area (Å²) in [4.78, 5) is 19.2. The lowest BCUT2D eigenvalue weighted by Crippen LogP contribution is -2.20. The van der Waals surface area contributed by atoms with Crippen LogP contribution in [0.25, 0.3) is 10.9 Å². The second-order valence-corrected chi connectivity index (χ2v) is 6.86. The summed E-state index contributed by atoms with van der Waals surface area (Å²) in [7, 11) is 0. The van der Waals surface area contributed by atoms with Gasteiger partial charge < -0.3 is 15.0 Å². The zero-order valence-electron chi connectivity index (χ0n) is 15.4. The van der Waals surface area contributed by atoms with E-state index in [1.807, 2.05) is 49.4 Å². The number of rotatable bonds is 5. The van der Waals surface area contributed by atoms with Crippen LogP contribution < -0.4 is 15.0 Å². The molecule has 0 saturated carbocycles. The highest BCUT2D eigenvalue weighted by Crippen LogP contribution is 2.24. The molecule has 0 atom stereocenters. The Balaban J connectivity index is 1.38. The topological polar surface area (TPSA) is 54.5 Å². The van der Waals surface area contributed by atoms with Crippen LogP contribution in [0, 0.1) is 6.92 Å². The van der Waals surface area contributed by atoms with Gasteiger partial charge in [-0.3, -0.25) is 4.79 Å². The lowest BCUT2D eigenvalue weighted by molar-refractivity contribution is -0.118. The van der Waals surface area contributed by atoms with Crippen molar-refractivity contribution in [3.8, 4) is 5.75 Å². The molecular formula is C22H23N3O2. The smallest absolute Gasteiger partial charge is 0.262 e. The van der Waals surface area contributed by atoms with Gasteiger partial charge in [-0.05, 0) is 56.2 Å². The highest BCUT2D eigenvalue weighted by molar-refractivity contribution is 5.92. The number of ether oxygens (including phenoxy) is 1. The molecule has 138 valence electrons. The molecule has 3 aromatic rings. The number of anilines is 2. The van der Waals surface area contributed by atoms with Crippen molar-refractivity contribution in [2.24, 2.45) is 0 Å². The van der Waals surface area contributed by atoms with Crippen molar-refractivity contribution in [3.05, 3.63) is 60.3 Å². The van der Waals surface area contributed by atoms with Crippen LogP contribution in [0.5, 0.6) is 5.75 Å². The molecule has 0 spiro atoms. The number of carbonyl (C=O) groups is 1. The van der Waals surface area contributed by atoms with Crippen LogP contribution in [0.2, 0.25) is 0 Å². The molecule has 0 aliphatic carbocycles. The Morgan fingerprint density at radius 3 is 2.63 bits per heavy atom. The minimum absolute atomic E-state index is 0.0530. The Morgan fingerprint density at radius 1 is 1.07 bits per heavy atom. The zero-order chi connectivity index (χ0) is 18.6. The van der Waals surface area contributed by atoms with E-state index in [1.165, 1.54) is 18.5 Å². The van der Waals surface area contributed by atoms with E-state index in [2.05, 4.69) is 27.3 Å². The van der Waals surface area contributed by atoms with E-state index in [4.69, 9.17) is 4.74 Å². The van der Waals surface area contributed by atoms with Crippen LogP contribution in [0.1, 0.15) is 18.5 Å². The number of para-hydroxylation sites is 1. The normalized spacial score (nSPS) is 13.7. The quantitative estimate of drug-likeness (QED) is 0.741. The summed E-state index contributed by atoms with van der Waals surface area (Å²) in [6, 6.07) is 17.7. The number of fused-ring (bicyclic) bond motifs is 1. The summed E-state index contributed by atoms with van der Waals surface area (Å²) < 4.78 is 5.73. The molecule has 27 heavy (non-hydrogen) atoms. The van der Waals surface area contributed by atoms with Crippen molar-refractivity contribution in [2.45, 2.75) is 19.8 Å². The van der Waals surface area contributed by atoms with E-state index in [0.717, 1.165) is 35.4 Å². The minimum atomic E-state index is -0.187. The maximum absolute atomic E-state index is 12.3. The highest BCUT2D eigenvalue weighted by atomic mass is 16.5. The molecule has 1 aliphatic rings. The van der Waals surface area contributed by atoms with Crippen LogP contribution in [-0.4, -0.2) is 30.6 Å². The molecule has 0 radical (unpaired) electrons. The highest BCUT2D eigenvalue weighted by Gasteiger charge is 2.12. The molecule has 1 aliphatic heterocycles. The van der Waals surface area contributed by atoms with Crippen molar-refractivity contribution >= 4 is 28.2 Å². The Labute approximate surface area is 159 Å². The van der Waals surface area contributed by atoms with Crippen molar-refractivity contribution in [1.29, 1.82) is 0 Å². The summed E-state index contributed by atoms with van der Waals surface area (Å²) >= 11 is 0. The third-order valence-electron chi connectivity index (χ3n) is 4.80. The zero-order valence-corrected chi connectivity index (χ0v) is 15.4. The fourth-order valence-corrected chi connectivity index (χ4v) is 3.41. The molecule has 2 aromatic carbocycles. The standard InChI is InChI=1S/C22H23N3O2/c1-16-7-8-17-5-4-6-20(22(17)23-16)27-15-21(26)24-18-9-11-19(12-10-18)25-13-2-3-14-25/h4-12H,2-3,13-15H2,1H3,(H,24,26). The van der Waals surface area contributed by atoms with Crippen molar-refractivity contribution < 1.29 is 9.53 Å². The number of aryl methyl sites for hydroxylation is 1. The van der Waals surface area contributed by atoms with Crippen molar-refractivity contribution in [2.75, 3.05) is 29.9 Å². The van der Waals surface area contributed by atoms with Gasteiger partial charge in [-0.1, -0.05) is 18.2 Å². The van der Waals surface area contributed by atoms with Crippen LogP contribution >= 0.6 is 0 Å². The number of amides is 1. The third-order valence-corrected chi connectivity index (χ3v) is 4.80. The molecule has 5 nitrogen and oxygen atoms in total. The monoisotopic (exact) mass is 361 g/mol. The van der Waals surface area contributed by atoms with Gasteiger partial charge in [0.25, 0.3) is 5.91 Å². The van der Waals surface area contributed by atoms with Gasteiger partial charge in [-0.2, -0.15) is 0 Å². The number of carbonyl (C=O) groups excluding carboxylic acids is 1. The van der Waals surface area contributed by atoms with Gasteiger partial charge in [-0.15, -0.1) is 0 Å². The van der Waals surface area contributed by atoms with Crippen LogP contribution in [0.3, 0.4) is 0 Å². The first-order chi connectivity index (χ1) is 13.2. The second-order valence-electron chi connectivity index (χ2n) is 6.86. The van der Waals surface area contributed by atoms with E-state index >= 15 is 0 Å². The lowest BCUT2D eigenvalue weighted by atomic mass is 10.2. The molecule has 1 fully saturated rings. The van der Waals surface area contributed by atoms with Crippen molar-refractivity contribution in [3.63, 3.8) is 0 Å². The van der Waals surface area contributed by atoms with Gasteiger partial charge >= 0.3 is 0 Å². The Kier molecular flexibility index (Phi) is 4.92. The van der Waals surface area contributed by atoms with E-state index in [9.17, 15) is 4.79 Å². The average Bonchev–Trinajstić information content (AvgIpc) is 3.22. The number of hydrogen-bond acceptors (Lipinski definition) is 4. The molecule has 1 saturated heterocycles. The van der Waals surface area contributed by atoms with Crippen LogP contribution in [0.4, 0.5) is 11.4 Å². The fraction of sp³-hybridized carbons (Fsp3) is 0.273. The van der Waals surface area contributed by atoms with E-state index in [1.54, 1.807) is 0 Å². The van der Waals surface area contributed by atoms with Gasteiger partial charge in [-0.25, -0.2) is 4.98 Å². The van der Waals surface area contributed by atoms with Crippen LogP contribution in [-0.2, 0) is 4.79 Å². The minimum Gasteiger partial charge on any atom is -0.481 e. The molecule has 2 heterocycles. The molecule has 1 aromatic heterocycles. The van der Waals surface area contributed by atoms with Gasteiger partial charge in [0.2, 0.25) is 0 Å². The van der Waals surface area contributed by atoms with Crippen LogP contribution in [0.15, 0.2) is 54.6 Å². The molecular weight excluding hydrogens is 338 g/mol. The number of benzene rings is 2. The first-order valence-electron chi connectivity index (χ1n) is 9.33. The van der Waals surface area contributed by atoms with Gasteiger partial charge in [0.05, 0.1) is 0 Å². The number of nitrogens with zero attached hydrogens (tertiary/aromatic N) is 2. The molecule has 0 unspecified atom stereocenters. The van der Waals surface area contributed by atoms with Gasteiger partial charge in [0, 0.05) is 35.5 Å². The third kappa shape index (κ3) is 4.03. The summed E-state index contributed by atoms with van der Waals surface area (Å²) in [5.74, 6) is 0.435. The predicted octanol–water partition coefficient (Wildman–Crippen LogP) is 4.16. The molecule has 4 rings (SSSR count). The summed E-state index contributed by atoms with van der Waals surface area (Å²) in [5.41, 5.74) is 3.68. The first kappa shape index (κ1) is 17.3. The number of nitrogens with one attached hydrogen (secondary N) is 1. The molecule has 1 amide bonds. The molecule has 1 N–H and O–H groups in total. The summed E-state index contributed by atoms with van der Waals surface area (Å²) in [5, 5.41) is 3.88. The summed E-state index contributed by atoms with van der Waals surface area (Å²) in [6.45, 7) is 4.10. The van der Waals surface area contributed by atoms with Gasteiger partial charge in [0.1, 0.15) is 11.3 Å². The lowest BCUT2D eigenvalue weighted by Gasteiger charge is -2.17. The number of hydrogen-bond donors (Lipinski definition) is 1.